The standard InChI is InChI=1S/C9H11ClO2S/c1-12-8-4-6-13-9(8)7(11)3-2-5-10/h4,6H,2-3,5H2,1H3. The molecule has 0 atom stereocenters. The Kier molecular flexibility index (Phi) is 4.25. The Bertz CT molecular complexity index is 283. The second-order valence-corrected chi connectivity index (χ2v) is 3.83. The first kappa shape index (κ1) is 10.5. The first-order valence-electron chi connectivity index (χ1n) is 4.00. The first-order valence-corrected chi connectivity index (χ1v) is 5.41. The molecule has 0 saturated heterocycles. The van der Waals surface area contributed by atoms with Crippen molar-refractivity contribution in [3.05, 3.63) is 16.3 Å². The van der Waals surface area contributed by atoms with E-state index in [1.165, 1.54) is 11.3 Å². The van der Waals surface area contributed by atoms with Crippen molar-refractivity contribution in [1.29, 1.82) is 0 Å². The van der Waals surface area contributed by atoms with Gasteiger partial charge in [0.1, 0.15) is 10.6 Å². The van der Waals surface area contributed by atoms with E-state index in [4.69, 9.17) is 16.3 Å². The molecule has 0 saturated carbocycles. The van der Waals surface area contributed by atoms with Gasteiger partial charge in [0.15, 0.2) is 5.78 Å². The molecule has 0 aromatic carbocycles. The number of carbonyl (C=O) groups excluding carboxylic acids is 1. The van der Waals surface area contributed by atoms with E-state index in [0.717, 1.165) is 6.42 Å². The Balaban J connectivity index is 2.65. The topological polar surface area (TPSA) is 26.3 Å². The number of rotatable bonds is 5. The average Bonchev–Trinajstić information content (AvgIpc) is 2.61. The molecule has 13 heavy (non-hydrogen) atoms. The summed E-state index contributed by atoms with van der Waals surface area (Å²) in [6, 6.07) is 1.80. The number of ether oxygens (including phenoxy) is 1. The molecular formula is C9H11ClO2S. The van der Waals surface area contributed by atoms with Crippen molar-refractivity contribution in [2.75, 3.05) is 13.0 Å². The van der Waals surface area contributed by atoms with Crippen LogP contribution in [0.2, 0.25) is 0 Å². The summed E-state index contributed by atoms with van der Waals surface area (Å²) in [7, 11) is 1.57. The maximum absolute atomic E-state index is 11.5. The molecular weight excluding hydrogens is 208 g/mol. The molecule has 2 nitrogen and oxygen atoms in total. The van der Waals surface area contributed by atoms with Gasteiger partial charge in [-0.05, 0) is 17.9 Å². The van der Waals surface area contributed by atoms with Gasteiger partial charge in [0.2, 0.25) is 0 Å². The number of Topliss-reactive ketones (excluding diaryl/α,β-unsaturated/α-hetero) is 1. The smallest absolute Gasteiger partial charge is 0.176 e. The number of methoxy groups -OCH3 is 1. The molecule has 4 heteroatoms. The second kappa shape index (κ2) is 5.25. The number of hydrogen-bond acceptors (Lipinski definition) is 3. The van der Waals surface area contributed by atoms with Crippen LogP contribution < -0.4 is 4.74 Å². The van der Waals surface area contributed by atoms with Gasteiger partial charge in [0.05, 0.1) is 7.11 Å². The Morgan fingerprint density at radius 2 is 2.46 bits per heavy atom. The molecule has 0 unspecified atom stereocenters. The number of halogens is 1. The maximum Gasteiger partial charge on any atom is 0.176 e. The van der Waals surface area contributed by atoms with Gasteiger partial charge in [0.25, 0.3) is 0 Å². The molecule has 1 aromatic heterocycles. The fraction of sp³-hybridized carbons (Fsp3) is 0.444. The van der Waals surface area contributed by atoms with Crippen molar-refractivity contribution in [2.24, 2.45) is 0 Å². The van der Waals surface area contributed by atoms with E-state index in [1.807, 2.05) is 5.38 Å². The normalized spacial score (nSPS) is 10.0. The zero-order valence-corrected chi connectivity index (χ0v) is 8.95. The fourth-order valence-corrected chi connectivity index (χ4v) is 1.96. The van der Waals surface area contributed by atoms with E-state index in [2.05, 4.69) is 0 Å². The molecule has 72 valence electrons. The van der Waals surface area contributed by atoms with Crippen molar-refractivity contribution in [2.45, 2.75) is 12.8 Å². The van der Waals surface area contributed by atoms with Crippen molar-refractivity contribution in [3.63, 3.8) is 0 Å². The largest absolute Gasteiger partial charge is 0.495 e. The van der Waals surface area contributed by atoms with Crippen molar-refractivity contribution in [1.82, 2.24) is 0 Å². The van der Waals surface area contributed by atoms with Crippen LogP contribution in [-0.4, -0.2) is 18.8 Å². The Morgan fingerprint density at radius 1 is 1.69 bits per heavy atom. The van der Waals surface area contributed by atoms with Crippen molar-refractivity contribution in [3.8, 4) is 5.75 Å². The van der Waals surface area contributed by atoms with Crippen LogP contribution >= 0.6 is 22.9 Å². The third-order valence-corrected chi connectivity index (χ3v) is 2.84. The van der Waals surface area contributed by atoms with Gasteiger partial charge in [-0.2, -0.15) is 0 Å². The third kappa shape index (κ3) is 2.71. The van der Waals surface area contributed by atoms with Gasteiger partial charge in [0, 0.05) is 12.3 Å². The highest BCUT2D eigenvalue weighted by atomic mass is 35.5. The summed E-state index contributed by atoms with van der Waals surface area (Å²) in [5.74, 6) is 1.32. The molecule has 0 amide bonds. The molecule has 0 aliphatic heterocycles. The lowest BCUT2D eigenvalue weighted by Crippen LogP contribution is -1.98. The van der Waals surface area contributed by atoms with E-state index in [1.54, 1.807) is 13.2 Å². The molecule has 0 aliphatic carbocycles. The van der Waals surface area contributed by atoms with Crippen LogP contribution in [0, 0.1) is 0 Å². The zero-order valence-electron chi connectivity index (χ0n) is 7.38. The molecule has 0 aliphatic rings. The summed E-state index contributed by atoms with van der Waals surface area (Å²) in [5, 5.41) is 1.85. The van der Waals surface area contributed by atoms with Gasteiger partial charge in [-0.25, -0.2) is 0 Å². The highest BCUT2D eigenvalue weighted by molar-refractivity contribution is 7.12. The summed E-state index contributed by atoms with van der Waals surface area (Å²) >= 11 is 6.92. The van der Waals surface area contributed by atoms with Gasteiger partial charge in [-0.3, -0.25) is 4.79 Å². The molecule has 0 N–H and O–H groups in total. The highest BCUT2D eigenvalue weighted by Crippen LogP contribution is 2.26. The van der Waals surface area contributed by atoms with Crippen LogP contribution in [0.4, 0.5) is 0 Å². The number of alkyl halides is 1. The lowest BCUT2D eigenvalue weighted by molar-refractivity contribution is 0.0983. The van der Waals surface area contributed by atoms with E-state index in [9.17, 15) is 4.79 Å². The van der Waals surface area contributed by atoms with Gasteiger partial charge < -0.3 is 4.74 Å². The first-order chi connectivity index (χ1) is 6.29. The SMILES string of the molecule is COc1ccsc1C(=O)CCCCl. The van der Waals surface area contributed by atoms with Crippen LogP contribution in [0.1, 0.15) is 22.5 Å². The second-order valence-electron chi connectivity index (χ2n) is 2.53. The summed E-state index contributed by atoms with van der Waals surface area (Å²) in [4.78, 5) is 12.2. The summed E-state index contributed by atoms with van der Waals surface area (Å²) in [6.45, 7) is 0. The van der Waals surface area contributed by atoms with Gasteiger partial charge in [-0.1, -0.05) is 0 Å². The van der Waals surface area contributed by atoms with Crippen LogP contribution in [-0.2, 0) is 0 Å². The fourth-order valence-electron chi connectivity index (χ4n) is 1.00. The quantitative estimate of drug-likeness (QED) is 0.561. The molecule has 0 spiro atoms. The summed E-state index contributed by atoms with van der Waals surface area (Å²) < 4.78 is 5.04. The Hall–Kier alpha value is -0.540. The third-order valence-electron chi connectivity index (χ3n) is 1.64. The lowest BCUT2D eigenvalue weighted by atomic mass is 10.2. The number of ketones is 1. The minimum absolute atomic E-state index is 0.118. The Labute approximate surface area is 86.5 Å². The van der Waals surface area contributed by atoms with E-state index in [-0.39, 0.29) is 5.78 Å². The molecule has 1 rings (SSSR count). The van der Waals surface area contributed by atoms with Crippen molar-refractivity contribution >= 4 is 28.7 Å². The maximum atomic E-state index is 11.5. The predicted molar refractivity (Wildman–Crippen MR) is 55.2 cm³/mol. The van der Waals surface area contributed by atoms with E-state index >= 15 is 0 Å². The Morgan fingerprint density at radius 3 is 3.08 bits per heavy atom. The molecule has 1 heterocycles. The number of carbonyl (C=O) groups is 1. The average molecular weight is 219 g/mol. The van der Waals surface area contributed by atoms with E-state index in [0.29, 0.717) is 22.9 Å². The van der Waals surface area contributed by atoms with Crippen LogP contribution in [0.5, 0.6) is 5.75 Å². The predicted octanol–water partition coefficient (Wildman–Crippen LogP) is 2.96. The van der Waals surface area contributed by atoms with Crippen molar-refractivity contribution < 1.29 is 9.53 Å². The molecule has 0 radical (unpaired) electrons. The molecule has 1 aromatic rings. The summed E-state index contributed by atoms with van der Waals surface area (Å²) in [5.41, 5.74) is 0. The number of hydrogen-bond donors (Lipinski definition) is 0. The highest BCUT2D eigenvalue weighted by Gasteiger charge is 2.12. The van der Waals surface area contributed by atoms with Gasteiger partial charge in [-0.15, -0.1) is 22.9 Å². The minimum atomic E-state index is 0.118. The minimum Gasteiger partial charge on any atom is -0.495 e. The zero-order chi connectivity index (χ0) is 9.68. The van der Waals surface area contributed by atoms with Crippen LogP contribution in [0.15, 0.2) is 11.4 Å². The monoisotopic (exact) mass is 218 g/mol. The summed E-state index contributed by atoms with van der Waals surface area (Å²) in [6.07, 6.45) is 1.22. The lowest BCUT2D eigenvalue weighted by Gasteiger charge is -2.00. The molecule has 0 bridgehead atoms. The van der Waals surface area contributed by atoms with Gasteiger partial charge >= 0.3 is 0 Å². The van der Waals surface area contributed by atoms with Crippen LogP contribution in [0.3, 0.4) is 0 Å². The van der Waals surface area contributed by atoms with Crippen LogP contribution in [0.25, 0.3) is 0 Å². The van der Waals surface area contributed by atoms with E-state index < -0.39 is 0 Å². The molecule has 0 fully saturated rings. The number of thiophene rings is 1.